The molecule has 1 aromatic rings. The Morgan fingerprint density at radius 2 is 2.18 bits per heavy atom. The van der Waals surface area contributed by atoms with Gasteiger partial charge in [0.1, 0.15) is 11.3 Å². The van der Waals surface area contributed by atoms with Crippen molar-refractivity contribution in [3.8, 4) is 5.75 Å². The molecule has 0 bridgehead atoms. The van der Waals surface area contributed by atoms with Gasteiger partial charge >= 0.3 is 13.1 Å². The SMILES string of the molecule is CCOC(=O)c1cc(C)c(C)c2c1OB(O)[C@@H](NC(C)=O)C2. The first-order valence-corrected chi connectivity index (χ1v) is 7.27. The van der Waals surface area contributed by atoms with Gasteiger partial charge in [-0.3, -0.25) is 4.79 Å². The molecule has 118 valence electrons. The lowest BCUT2D eigenvalue weighted by molar-refractivity contribution is -0.119. The van der Waals surface area contributed by atoms with Crippen LogP contribution in [0.3, 0.4) is 0 Å². The number of carbonyl (C=O) groups excluding carboxylic acids is 2. The van der Waals surface area contributed by atoms with Crippen LogP contribution in [0, 0.1) is 13.8 Å². The van der Waals surface area contributed by atoms with Crippen LogP contribution in [-0.2, 0) is 16.0 Å². The fourth-order valence-corrected chi connectivity index (χ4v) is 2.61. The minimum Gasteiger partial charge on any atom is -0.534 e. The lowest BCUT2D eigenvalue weighted by Gasteiger charge is -2.30. The topological polar surface area (TPSA) is 84.9 Å². The Morgan fingerprint density at radius 1 is 1.50 bits per heavy atom. The minimum atomic E-state index is -1.20. The predicted molar refractivity (Wildman–Crippen MR) is 81.8 cm³/mol. The summed E-state index contributed by atoms with van der Waals surface area (Å²) in [6, 6.07) is 1.71. The lowest BCUT2D eigenvalue weighted by atomic mass is 9.71. The summed E-state index contributed by atoms with van der Waals surface area (Å²) in [5, 5.41) is 12.7. The average molecular weight is 305 g/mol. The second-order valence-electron chi connectivity index (χ2n) is 5.41. The summed E-state index contributed by atoms with van der Waals surface area (Å²) in [5.74, 6) is -0.921. The highest BCUT2D eigenvalue weighted by Crippen LogP contribution is 2.35. The highest BCUT2D eigenvalue weighted by Gasteiger charge is 2.38. The van der Waals surface area contributed by atoms with Gasteiger partial charge < -0.3 is 19.7 Å². The van der Waals surface area contributed by atoms with Gasteiger partial charge in [-0.1, -0.05) is 0 Å². The molecule has 7 heteroatoms. The summed E-state index contributed by atoms with van der Waals surface area (Å²) in [4.78, 5) is 23.3. The van der Waals surface area contributed by atoms with E-state index in [0.29, 0.717) is 17.7 Å². The maximum absolute atomic E-state index is 12.1. The fraction of sp³-hybridized carbons (Fsp3) is 0.467. The maximum atomic E-state index is 12.1. The minimum absolute atomic E-state index is 0.243. The van der Waals surface area contributed by atoms with Gasteiger partial charge in [-0.2, -0.15) is 0 Å². The zero-order valence-corrected chi connectivity index (χ0v) is 13.2. The quantitative estimate of drug-likeness (QED) is 0.641. The number of ether oxygens (including phenoxy) is 1. The van der Waals surface area contributed by atoms with E-state index >= 15 is 0 Å². The molecular formula is C15H20BNO5. The first kappa shape index (κ1) is 16.4. The van der Waals surface area contributed by atoms with Crippen molar-refractivity contribution in [2.45, 2.75) is 40.1 Å². The van der Waals surface area contributed by atoms with E-state index < -0.39 is 19.0 Å². The van der Waals surface area contributed by atoms with Gasteiger partial charge in [-0.15, -0.1) is 0 Å². The monoisotopic (exact) mass is 305 g/mol. The van der Waals surface area contributed by atoms with Crippen molar-refractivity contribution in [3.63, 3.8) is 0 Å². The Morgan fingerprint density at radius 3 is 2.77 bits per heavy atom. The highest BCUT2D eigenvalue weighted by molar-refractivity contribution is 6.47. The van der Waals surface area contributed by atoms with E-state index in [0.717, 1.165) is 16.7 Å². The molecule has 0 fully saturated rings. The molecule has 1 amide bonds. The van der Waals surface area contributed by atoms with E-state index in [2.05, 4.69) is 5.32 Å². The molecule has 2 N–H and O–H groups in total. The molecule has 1 aliphatic heterocycles. The van der Waals surface area contributed by atoms with Gasteiger partial charge in [-0.25, -0.2) is 4.79 Å². The Hall–Kier alpha value is -2.02. The van der Waals surface area contributed by atoms with E-state index in [1.807, 2.05) is 13.8 Å². The van der Waals surface area contributed by atoms with E-state index in [4.69, 9.17) is 9.39 Å². The number of benzene rings is 1. The average Bonchev–Trinajstić information content (AvgIpc) is 2.44. The molecule has 0 saturated carbocycles. The molecule has 0 aromatic heterocycles. The van der Waals surface area contributed by atoms with Crippen LogP contribution in [0.25, 0.3) is 0 Å². The van der Waals surface area contributed by atoms with Gasteiger partial charge in [0.05, 0.1) is 12.5 Å². The van der Waals surface area contributed by atoms with Crippen molar-refractivity contribution in [2.75, 3.05) is 6.61 Å². The van der Waals surface area contributed by atoms with Crippen molar-refractivity contribution in [2.24, 2.45) is 0 Å². The zero-order valence-electron chi connectivity index (χ0n) is 13.2. The molecule has 1 heterocycles. The van der Waals surface area contributed by atoms with E-state index in [1.165, 1.54) is 6.92 Å². The highest BCUT2D eigenvalue weighted by atomic mass is 16.5. The van der Waals surface area contributed by atoms with E-state index in [1.54, 1.807) is 13.0 Å². The Kier molecular flexibility index (Phi) is 4.76. The molecule has 2 rings (SSSR count). The molecule has 1 aromatic carbocycles. The number of hydrogen-bond donors (Lipinski definition) is 2. The summed E-state index contributed by atoms with van der Waals surface area (Å²) in [6.45, 7) is 7.20. The molecule has 22 heavy (non-hydrogen) atoms. The third-order valence-electron chi connectivity index (χ3n) is 3.81. The first-order valence-electron chi connectivity index (χ1n) is 7.27. The van der Waals surface area contributed by atoms with Crippen LogP contribution in [0.5, 0.6) is 5.75 Å². The van der Waals surface area contributed by atoms with Crippen molar-refractivity contribution in [1.82, 2.24) is 5.32 Å². The van der Waals surface area contributed by atoms with Gasteiger partial charge in [0, 0.05) is 6.92 Å². The fourth-order valence-electron chi connectivity index (χ4n) is 2.61. The molecule has 0 radical (unpaired) electrons. The van der Waals surface area contributed by atoms with Crippen LogP contribution in [0.4, 0.5) is 0 Å². The lowest BCUT2D eigenvalue weighted by Crippen LogP contribution is -2.52. The molecular weight excluding hydrogens is 285 g/mol. The van der Waals surface area contributed by atoms with Gasteiger partial charge in [0.15, 0.2) is 0 Å². The first-order chi connectivity index (χ1) is 10.3. The predicted octanol–water partition coefficient (Wildman–Crippen LogP) is 0.939. The summed E-state index contributed by atoms with van der Waals surface area (Å²) in [5.41, 5.74) is 3.03. The van der Waals surface area contributed by atoms with Crippen molar-refractivity contribution < 1.29 is 24.0 Å². The van der Waals surface area contributed by atoms with Crippen molar-refractivity contribution in [3.05, 3.63) is 28.3 Å². The molecule has 6 nitrogen and oxygen atoms in total. The molecule has 0 aliphatic carbocycles. The number of rotatable bonds is 3. The summed E-state index contributed by atoms with van der Waals surface area (Å²) in [6.07, 6.45) is 0.399. The van der Waals surface area contributed by atoms with Gasteiger partial charge in [0.25, 0.3) is 0 Å². The molecule has 1 aliphatic rings. The third-order valence-corrected chi connectivity index (χ3v) is 3.81. The van der Waals surface area contributed by atoms with Crippen LogP contribution in [0.1, 0.15) is 40.9 Å². The maximum Gasteiger partial charge on any atom is 0.547 e. The number of aryl methyl sites for hydroxylation is 1. The van der Waals surface area contributed by atoms with Crippen LogP contribution >= 0.6 is 0 Å². The Labute approximate surface area is 129 Å². The zero-order chi connectivity index (χ0) is 16.4. The summed E-state index contributed by atoms with van der Waals surface area (Å²) in [7, 11) is -1.20. The van der Waals surface area contributed by atoms with Crippen LogP contribution in [-0.4, -0.2) is 36.6 Å². The number of nitrogens with one attached hydrogen (secondary N) is 1. The van der Waals surface area contributed by atoms with Gasteiger partial charge in [0.2, 0.25) is 5.91 Å². The molecule has 0 spiro atoms. The number of amides is 1. The Balaban J connectivity index is 2.46. The van der Waals surface area contributed by atoms with Gasteiger partial charge in [-0.05, 0) is 49.9 Å². The normalized spacial score (nSPS) is 16.6. The van der Waals surface area contributed by atoms with Crippen molar-refractivity contribution in [1.29, 1.82) is 0 Å². The number of esters is 1. The third kappa shape index (κ3) is 3.09. The standard InChI is InChI=1S/C15H20BNO5/c1-5-21-15(19)12-6-8(2)9(3)11-7-13(17-10(4)18)16(20)22-14(11)12/h6,13,20H,5,7H2,1-4H3,(H,17,18)/t13-/m0/s1. The molecule has 0 unspecified atom stereocenters. The number of carbonyl (C=O) groups is 2. The number of fused-ring (bicyclic) bond motifs is 1. The van der Waals surface area contributed by atoms with Crippen molar-refractivity contribution >= 4 is 19.0 Å². The summed E-state index contributed by atoms with van der Waals surface area (Å²) < 4.78 is 10.6. The summed E-state index contributed by atoms with van der Waals surface area (Å²) >= 11 is 0. The van der Waals surface area contributed by atoms with E-state index in [9.17, 15) is 14.6 Å². The second-order valence-corrected chi connectivity index (χ2v) is 5.41. The molecule has 1 atom stereocenters. The Bertz CT molecular complexity index is 616. The van der Waals surface area contributed by atoms with Crippen LogP contribution in [0.2, 0.25) is 0 Å². The second kappa shape index (κ2) is 6.40. The van der Waals surface area contributed by atoms with E-state index in [-0.39, 0.29) is 12.5 Å². The van der Waals surface area contributed by atoms with Crippen LogP contribution < -0.4 is 9.97 Å². The largest absolute Gasteiger partial charge is 0.547 e. The van der Waals surface area contributed by atoms with Crippen LogP contribution in [0.15, 0.2) is 6.07 Å². The number of hydrogen-bond acceptors (Lipinski definition) is 5. The smallest absolute Gasteiger partial charge is 0.534 e. The molecule has 0 saturated heterocycles.